The largest absolute Gasteiger partial charge is 0.307 e. The van der Waals surface area contributed by atoms with Gasteiger partial charge in [0.05, 0.1) is 6.20 Å². The maximum Gasteiger partial charge on any atom is 0.256 e. The van der Waals surface area contributed by atoms with Crippen LogP contribution in [0.2, 0.25) is 0 Å². The molecule has 3 aromatic rings. The monoisotopic (exact) mass is 337 g/mol. The van der Waals surface area contributed by atoms with E-state index in [1.165, 1.54) is 12.2 Å². The number of aromatic amines is 1. The van der Waals surface area contributed by atoms with Crippen LogP contribution in [0, 0.1) is 6.92 Å². The molecule has 0 radical (unpaired) electrons. The molecule has 0 spiro atoms. The number of carbonyl (C=O) groups excluding carboxylic acids is 1. The number of hydrogen-bond acceptors (Lipinski definition) is 4. The zero-order valence-corrected chi connectivity index (χ0v) is 14.3. The summed E-state index contributed by atoms with van der Waals surface area (Å²) in [4.78, 5) is 31.1. The Morgan fingerprint density at radius 1 is 1.32 bits per heavy atom. The van der Waals surface area contributed by atoms with Crippen molar-refractivity contribution in [2.75, 3.05) is 5.32 Å². The molecule has 3 rings (SSSR count). The molecule has 7 heteroatoms. The topological polar surface area (TPSA) is 92.7 Å². The number of carbonyl (C=O) groups is 1. The molecule has 0 bridgehead atoms. The van der Waals surface area contributed by atoms with Gasteiger partial charge in [-0.05, 0) is 44.5 Å². The smallest absolute Gasteiger partial charge is 0.256 e. The van der Waals surface area contributed by atoms with Crippen LogP contribution in [-0.4, -0.2) is 25.7 Å². The number of pyridine rings is 2. The average molecular weight is 337 g/mol. The Balaban J connectivity index is 1.81. The second-order valence-electron chi connectivity index (χ2n) is 6.08. The number of aryl methyl sites for hydroxylation is 1. The minimum Gasteiger partial charge on any atom is -0.307 e. The predicted octanol–water partition coefficient (Wildman–Crippen LogP) is 2.66. The third-order valence-corrected chi connectivity index (χ3v) is 3.69. The molecule has 0 saturated heterocycles. The Bertz CT molecular complexity index is 996. The Morgan fingerprint density at radius 3 is 2.80 bits per heavy atom. The van der Waals surface area contributed by atoms with Gasteiger partial charge >= 0.3 is 0 Å². The molecule has 3 heterocycles. The van der Waals surface area contributed by atoms with E-state index in [1.54, 1.807) is 29.2 Å². The number of H-pyrrole nitrogens is 1. The van der Waals surface area contributed by atoms with Gasteiger partial charge in [-0.3, -0.25) is 9.59 Å². The number of rotatable bonds is 4. The van der Waals surface area contributed by atoms with Gasteiger partial charge in [-0.1, -0.05) is 6.07 Å². The number of amides is 1. The van der Waals surface area contributed by atoms with Crippen molar-refractivity contribution in [1.29, 1.82) is 0 Å². The maximum absolute atomic E-state index is 12.2. The van der Waals surface area contributed by atoms with E-state index in [1.807, 2.05) is 26.8 Å². The lowest BCUT2D eigenvalue weighted by atomic mass is 10.2. The summed E-state index contributed by atoms with van der Waals surface area (Å²) in [6, 6.07) is 5.44. The van der Waals surface area contributed by atoms with Crippen molar-refractivity contribution in [3.63, 3.8) is 0 Å². The summed E-state index contributed by atoms with van der Waals surface area (Å²) < 4.78 is 1.75. The van der Waals surface area contributed by atoms with Crippen LogP contribution in [0.1, 0.15) is 31.0 Å². The fourth-order valence-electron chi connectivity index (χ4n) is 2.41. The van der Waals surface area contributed by atoms with E-state index in [4.69, 9.17) is 0 Å². The van der Waals surface area contributed by atoms with Crippen molar-refractivity contribution in [3.05, 3.63) is 58.1 Å². The van der Waals surface area contributed by atoms with E-state index in [2.05, 4.69) is 20.4 Å². The van der Waals surface area contributed by atoms with Crippen LogP contribution in [0.25, 0.3) is 17.1 Å². The molecule has 0 aliphatic heterocycles. The Kier molecular flexibility index (Phi) is 4.47. The highest BCUT2D eigenvalue weighted by molar-refractivity contribution is 6.01. The second kappa shape index (κ2) is 6.72. The highest BCUT2D eigenvalue weighted by atomic mass is 16.1. The lowest BCUT2D eigenvalue weighted by Crippen LogP contribution is -2.13. The predicted molar refractivity (Wildman–Crippen MR) is 97.4 cm³/mol. The van der Waals surface area contributed by atoms with E-state index in [0.29, 0.717) is 17.0 Å². The first-order valence-electron chi connectivity index (χ1n) is 7.96. The zero-order chi connectivity index (χ0) is 18.0. The Morgan fingerprint density at radius 2 is 2.12 bits per heavy atom. The van der Waals surface area contributed by atoms with Crippen LogP contribution in [0.3, 0.4) is 0 Å². The third-order valence-electron chi connectivity index (χ3n) is 3.69. The first-order valence-corrected chi connectivity index (χ1v) is 7.96. The Labute approximate surface area is 144 Å². The second-order valence-corrected chi connectivity index (χ2v) is 6.08. The van der Waals surface area contributed by atoms with Crippen LogP contribution < -0.4 is 10.9 Å². The maximum atomic E-state index is 12.2. The summed E-state index contributed by atoms with van der Waals surface area (Å²) in [6.07, 6.45) is 6.16. The van der Waals surface area contributed by atoms with Gasteiger partial charge in [-0.15, -0.1) is 0 Å². The summed E-state index contributed by atoms with van der Waals surface area (Å²) in [5.41, 5.74) is 1.80. The number of hydrogen-bond donors (Lipinski definition) is 2. The first kappa shape index (κ1) is 16.6. The summed E-state index contributed by atoms with van der Waals surface area (Å²) in [5.74, 6) is 0.108. The van der Waals surface area contributed by atoms with Gasteiger partial charge in [-0.2, -0.15) is 5.10 Å². The number of nitrogens with one attached hydrogen (secondary N) is 2. The molecule has 0 unspecified atom stereocenters. The minimum absolute atomic E-state index is 0.141. The molecule has 25 heavy (non-hydrogen) atoms. The van der Waals surface area contributed by atoms with Crippen molar-refractivity contribution in [2.45, 2.75) is 26.8 Å². The summed E-state index contributed by atoms with van der Waals surface area (Å²) >= 11 is 0. The number of anilines is 1. The van der Waals surface area contributed by atoms with Gasteiger partial charge in [0.2, 0.25) is 5.91 Å². The fourth-order valence-corrected chi connectivity index (χ4v) is 2.41. The number of aromatic nitrogens is 4. The lowest BCUT2D eigenvalue weighted by molar-refractivity contribution is -0.111. The minimum atomic E-state index is -0.353. The average Bonchev–Trinajstić information content (AvgIpc) is 2.97. The van der Waals surface area contributed by atoms with Gasteiger partial charge in [-0.25, -0.2) is 9.67 Å². The van der Waals surface area contributed by atoms with E-state index in [0.717, 1.165) is 10.9 Å². The Hall–Kier alpha value is -3.22. The summed E-state index contributed by atoms with van der Waals surface area (Å²) in [7, 11) is 0. The van der Waals surface area contributed by atoms with E-state index in [9.17, 15) is 9.59 Å². The van der Waals surface area contributed by atoms with Gasteiger partial charge in [0.25, 0.3) is 5.56 Å². The van der Waals surface area contributed by atoms with Gasteiger partial charge in [0.15, 0.2) is 0 Å². The highest BCUT2D eigenvalue weighted by Crippen LogP contribution is 2.15. The van der Waals surface area contributed by atoms with Crippen molar-refractivity contribution in [3.8, 4) is 0 Å². The fraction of sp³-hybridized carbons (Fsp3) is 0.222. The number of nitrogens with zero attached hydrogens (tertiary/aromatic N) is 3. The standard InChI is InChI=1S/C18H19N5O2/c1-11(2)23-17-14(10-20-23)8-13(18(25)22-17)5-7-16(24)21-15-6-4-12(3)9-19-15/h4-11H,1-3H3,(H,22,25)(H,19,21,24). The van der Waals surface area contributed by atoms with Crippen molar-refractivity contribution in [1.82, 2.24) is 19.7 Å². The van der Waals surface area contributed by atoms with Crippen LogP contribution in [0.4, 0.5) is 5.82 Å². The summed E-state index contributed by atoms with van der Waals surface area (Å²) in [6.45, 7) is 5.90. The lowest BCUT2D eigenvalue weighted by Gasteiger charge is -2.06. The van der Waals surface area contributed by atoms with Crippen molar-refractivity contribution >= 4 is 28.8 Å². The molecule has 2 N–H and O–H groups in total. The van der Waals surface area contributed by atoms with Gasteiger partial charge in [0.1, 0.15) is 11.5 Å². The van der Waals surface area contributed by atoms with Crippen LogP contribution in [0.15, 0.2) is 41.5 Å². The first-order chi connectivity index (χ1) is 11.9. The molecule has 7 nitrogen and oxygen atoms in total. The normalized spacial score (nSPS) is 11.5. The molecule has 0 aliphatic carbocycles. The molecule has 0 saturated carbocycles. The number of fused-ring (bicyclic) bond motifs is 1. The van der Waals surface area contributed by atoms with E-state index in [-0.39, 0.29) is 17.5 Å². The quantitative estimate of drug-likeness (QED) is 0.716. The van der Waals surface area contributed by atoms with Gasteiger partial charge in [0, 0.05) is 29.3 Å². The molecule has 3 aromatic heterocycles. The zero-order valence-electron chi connectivity index (χ0n) is 14.3. The molecule has 0 aliphatic rings. The summed E-state index contributed by atoms with van der Waals surface area (Å²) in [5, 5.41) is 7.73. The molecule has 0 fully saturated rings. The van der Waals surface area contributed by atoms with Gasteiger partial charge < -0.3 is 10.3 Å². The third kappa shape index (κ3) is 3.65. The molecular formula is C18H19N5O2. The van der Waals surface area contributed by atoms with Crippen molar-refractivity contribution in [2.24, 2.45) is 0 Å². The highest BCUT2D eigenvalue weighted by Gasteiger charge is 2.09. The van der Waals surface area contributed by atoms with E-state index >= 15 is 0 Å². The van der Waals surface area contributed by atoms with Crippen LogP contribution in [0.5, 0.6) is 0 Å². The van der Waals surface area contributed by atoms with Crippen LogP contribution >= 0.6 is 0 Å². The molecule has 128 valence electrons. The molecule has 0 atom stereocenters. The SMILES string of the molecule is Cc1ccc(NC(=O)C=Cc2cc3cnn(C(C)C)c3[nH]c2=O)nc1. The van der Waals surface area contributed by atoms with Crippen LogP contribution in [-0.2, 0) is 4.79 Å². The van der Waals surface area contributed by atoms with E-state index < -0.39 is 0 Å². The van der Waals surface area contributed by atoms with Crippen molar-refractivity contribution < 1.29 is 4.79 Å². The molecule has 0 aromatic carbocycles. The molecule has 1 amide bonds. The molecular weight excluding hydrogens is 318 g/mol.